The number of carbonyl (C=O) groups excluding carboxylic acids is 4. The van der Waals surface area contributed by atoms with Crippen LogP contribution < -0.4 is 15.1 Å². The highest BCUT2D eigenvalue weighted by atomic mass is 35.5. The summed E-state index contributed by atoms with van der Waals surface area (Å²) in [6, 6.07) is 12.6. The van der Waals surface area contributed by atoms with Gasteiger partial charge in [0.15, 0.2) is 11.7 Å². The second-order valence-electron chi connectivity index (χ2n) is 6.57. The van der Waals surface area contributed by atoms with Crippen LogP contribution in [-0.2, 0) is 14.4 Å². The highest BCUT2D eigenvalue weighted by Crippen LogP contribution is 2.28. The number of urea groups is 1. The lowest BCUT2D eigenvalue weighted by molar-refractivity contribution is -0.139. The maximum absolute atomic E-state index is 12.8. The molecule has 2 aromatic rings. The summed E-state index contributed by atoms with van der Waals surface area (Å²) in [5.74, 6) is -4.29. The molecule has 1 aliphatic heterocycles. The molecule has 1 unspecified atom stereocenters. The molecule has 8 heteroatoms. The Morgan fingerprint density at radius 2 is 1.72 bits per heavy atom. The molecule has 4 amide bonds. The summed E-state index contributed by atoms with van der Waals surface area (Å²) < 4.78 is 0. The van der Waals surface area contributed by atoms with E-state index in [1.807, 2.05) is 36.4 Å². The van der Waals surface area contributed by atoms with E-state index in [1.165, 1.54) is 18.2 Å². The van der Waals surface area contributed by atoms with Gasteiger partial charge in [-0.1, -0.05) is 41.9 Å². The van der Waals surface area contributed by atoms with Gasteiger partial charge in [0.25, 0.3) is 5.91 Å². The number of hydrogen-bond donors (Lipinski definition) is 1. The topological polar surface area (TPSA) is 86.8 Å². The Labute approximate surface area is 172 Å². The predicted molar refractivity (Wildman–Crippen MR) is 111 cm³/mol. The van der Waals surface area contributed by atoms with Crippen molar-refractivity contribution in [1.82, 2.24) is 5.32 Å². The van der Waals surface area contributed by atoms with E-state index in [4.69, 9.17) is 11.6 Å². The number of rotatable bonds is 5. The minimum atomic E-state index is -1.67. The van der Waals surface area contributed by atoms with Crippen LogP contribution in [0.5, 0.6) is 0 Å². The molecular weight excluding hydrogens is 394 g/mol. The third-order valence-electron chi connectivity index (χ3n) is 4.39. The van der Waals surface area contributed by atoms with Crippen LogP contribution in [0.2, 0.25) is 5.02 Å². The maximum atomic E-state index is 12.8. The van der Waals surface area contributed by atoms with Crippen LogP contribution in [-0.4, -0.2) is 37.7 Å². The Kier molecular flexibility index (Phi) is 5.79. The van der Waals surface area contributed by atoms with Crippen LogP contribution in [0.25, 0.3) is 6.08 Å². The van der Waals surface area contributed by atoms with Crippen molar-refractivity contribution in [3.8, 4) is 0 Å². The molecule has 1 atom stereocenters. The maximum Gasteiger partial charge on any atom is 0.335 e. The molecule has 148 valence electrons. The zero-order valence-electron chi connectivity index (χ0n) is 15.8. The Bertz CT molecular complexity index is 1010. The van der Waals surface area contributed by atoms with Crippen molar-refractivity contribution in [3.63, 3.8) is 0 Å². The summed E-state index contributed by atoms with van der Waals surface area (Å²) in [7, 11) is 3.82. The number of ketones is 1. The lowest BCUT2D eigenvalue weighted by Crippen LogP contribution is -2.60. The largest absolute Gasteiger partial charge is 0.378 e. The fourth-order valence-corrected chi connectivity index (χ4v) is 3.07. The van der Waals surface area contributed by atoms with Gasteiger partial charge >= 0.3 is 6.03 Å². The van der Waals surface area contributed by atoms with Crippen LogP contribution in [0, 0.1) is 5.92 Å². The van der Waals surface area contributed by atoms with Crippen molar-refractivity contribution >= 4 is 52.7 Å². The average molecular weight is 412 g/mol. The molecule has 1 N–H and O–H groups in total. The Morgan fingerprint density at radius 1 is 1.07 bits per heavy atom. The Balaban J connectivity index is 1.83. The van der Waals surface area contributed by atoms with Crippen molar-refractivity contribution in [1.29, 1.82) is 0 Å². The number of nitrogens with one attached hydrogen (secondary N) is 1. The average Bonchev–Trinajstić information content (AvgIpc) is 2.67. The molecule has 1 saturated heterocycles. The van der Waals surface area contributed by atoms with Crippen molar-refractivity contribution < 1.29 is 19.2 Å². The molecule has 0 bridgehead atoms. The predicted octanol–water partition coefficient (Wildman–Crippen LogP) is 2.89. The summed E-state index contributed by atoms with van der Waals surface area (Å²) >= 11 is 6.07. The smallest absolute Gasteiger partial charge is 0.335 e. The highest BCUT2D eigenvalue weighted by molar-refractivity contribution is 6.39. The fourth-order valence-electron chi connectivity index (χ4n) is 2.85. The van der Waals surface area contributed by atoms with E-state index in [2.05, 4.69) is 0 Å². The number of anilines is 2. The molecule has 0 aliphatic carbocycles. The van der Waals surface area contributed by atoms with E-state index < -0.39 is 29.5 Å². The molecule has 7 nitrogen and oxygen atoms in total. The van der Waals surface area contributed by atoms with E-state index in [0.717, 1.165) is 17.3 Å². The molecule has 29 heavy (non-hydrogen) atoms. The third kappa shape index (κ3) is 4.20. The second-order valence-corrected chi connectivity index (χ2v) is 6.98. The van der Waals surface area contributed by atoms with Gasteiger partial charge < -0.3 is 4.90 Å². The molecule has 2 aromatic carbocycles. The summed E-state index contributed by atoms with van der Waals surface area (Å²) in [6.07, 6.45) is 2.67. The molecule has 3 rings (SSSR count). The summed E-state index contributed by atoms with van der Waals surface area (Å²) in [6.45, 7) is 0. The van der Waals surface area contributed by atoms with E-state index >= 15 is 0 Å². The first-order chi connectivity index (χ1) is 13.8. The quantitative estimate of drug-likeness (QED) is 0.604. The van der Waals surface area contributed by atoms with Crippen LogP contribution in [0.1, 0.15) is 5.56 Å². The van der Waals surface area contributed by atoms with Gasteiger partial charge in [-0.05, 0) is 35.9 Å². The molecule has 0 spiro atoms. The minimum absolute atomic E-state index is 0.102. The van der Waals surface area contributed by atoms with Gasteiger partial charge in [-0.15, -0.1) is 0 Å². The van der Waals surface area contributed by atoms with Crippen molar-refractivity contribution in [2.24, 2.45) is 5.92 Å². The standard InChI is InChI=1S/C21H18ClN3O4/c1-24(2)14-10-7-13(8-11-14)9-12-17(26)18-19(27)23-21(29)25(20(18)28)16-6-4-3-5-15(16)22/h3-12,18H,1-2H3,(H,23,27,29)/b12-9+. The molecule has 1 heterocycles. The number of imide groups is 2. The molecular formula is C21H18ClN3O4. The van der Waals surface area contributed by atoms with Gasteiger partial charge in [0.1, 0.15) is 0 Å². The normalized spacial score (nSPS) is 16.9. The van der Waals surface area contributed by atoms with E-state index in [9.17, 15) is 19.2 Å². The number of para-hydroxylation sites is 1. The number of benzene rings is 2. The number of carbonyl (C=O) groups is 4. The van der Waals surface area contributed by atoms with Crippen molar-refractivity contribution in [2.45, 2.75) is 0 Å². The van der Waals surface area contributed by atoms with Gasteiger partial charge in [-0.2, -0.15) is 0 Å². The second kappa shape index (κ2) is 8.28. The highest BCUT2D eigenvalue weighted by Gasteiger charge is 2.45. The zero-order valence-corrected chi connectivity index (χ0v) is 16.5. The van der Waals surface area contributed by atoms with Crippen LogP contribution >= 0.6 is 11.6 Å². The van der Waals surface area contributed by atoms with Crippen LogP contribution in [0.15, 0.2) is 54.6 Å². The fraction of sp³-hybridized carbons (Fsp3) is 0.143. The number of amides is 4. The number of allylic oxidation sites excluding steroid dienone is 1. The van der Waals surface area contributed by atoms with E-state index in [0.29, 0.717) is 4.90 Å². The minimum Gasteiger partial charge on any atom is -0.378 e. The SMILES string of the molecule is CN(C)c1ccc(/C=C/C(=O)C2C(=O)NC(=O)N(c3ccccc3Cl)C2=O)cc1. The first-order valence-electron chi connectivity index (χ1n) is 8.72. The van der Waals surface area contributed by atoms with Gasteiger partial charge in [0.05, 0.1) is 10.7 Å². The molecule has 1 aliphatic rings. The zero-order chi connectivity index (χ0) is 21.1. The van der Waals surface area contributed by atoms with E-state index in [1.54, 1.807) is 24.3 Å². The van der Waals surface area contributed by atoms with E-state index in [-0.39, 0.29) is 10.7 Å². The molecule has 1 fully saturated rings. The number of nitrogens with zero attached hydrogens (tertiary/aromatic N) is 2. The molecule has 0 radical (unpaired) electrons. The number of hydrogen-bond acceptors (Lipinski definition) is 5. The van der Waals surface area contributed by atoms with Crippen LogP contribution in [0.3, 0.4) is 0 Å². The number of barbiturate groups is 1. The van der Waals surface area contributed by atoms with Gasteiger partial charge in [0.2, 0.25) is 5.91 Å². The molecule has 0 aromatic heterocycles. The summed E-state index contributed by atoms with van der Waals surface area (Å²) in [5.41, 5.74) is 1.82. The Hall–Kier alpha value is -3.45. The first kappa shape index (κ1) is 20.3. The third-order valence-corrected chi connectivity index (χ3v) is 4.71. The monoisotopic (exact) mass is 411 g/mol. The first-order valence-corrected chi connectivity index (χ1v) is 9.10. The van der Waals surface area contributed by atoms with Crippen LogP contribution in [0.4, 0.5) is 16.2 Å². The van der Waals surface area contributed by atoms with Gasteiger partial charge in [-0.3, -0.25) is 19.7 Å². The van der Waals surface area contributed by atoms with Gasteiger partial charge in [-0.25, -0.2) is 9.69 Å². The van der Waals surface area contributed by atoms with Crippen molar-refractivity contribution in [2.75, 3.05) is 23.9 Å². The number of halogens is 1. The Morgan fingerprint density at radius 3 is 2.34 bits per heavy atom. The molecule has 0 saturated carbocycles. The van der Waals surface area contributed by atoms with Gasteiger partial charge in [0, 0.05) is 19.8 Å². The summed E-state index contributed by atoms with van der Waals surface area (Å²) in [5, 5.41) is 2.19. The lowest BCUT2D eigenvalue weighted by atomic mass is 9.98. The summed E-state index contributed by atoms with van der Waals surface area (Å²) in [4.78, 5) is 52.4. The van der Waals surface area contributed by atoms with Crippen molar-refractivity contribution in [3.05, 3.63) is 65.2 Å². The lowest BCUT2D eigenvalue weighted by Gasteiger charge is -2.29.